The van der Waals surface area contributed by atoms with E-state index in [0.717, 1.165) is 70.5 Å². The molecule has 2 rings (SSSR count). The molecule has 0 aromatic heterocycles. The van der Waals surface area contributed by atoms with Crippen LogP contribution in [0.15, 0.2) is 29.3 Å². The topological polar surface area (TPSA) is 54.3 Å². The molecule has 0 atom stereocenters. The van der Waals surface area contributed by atoms with Crippen LogP contribution in [-0.4, -0.2) is 79.8 Å². The number of rotatable bonds is 8. The van der Waals surface area contributed by atoms with Crippen LogP contribution in [0.5, 0.6) is 5.75 Å². The molecule has 6 heteroatoms. The summed E-state index contributed by atoms with van der Waals surface area (Å²) in [7, 11) is 0. The van der Waals surface area contributed by atoms with Crippen LogP contribution in [0.1, 0.15) is 27.2 Å². The van der Waals surface area contributed by atoms with Gasteiger partial charge < -0.3 is 25.1 Å². The maximum absolute atomic E-state index is 10.1. The highest BCUT2D eigenvalue weighted by Gasteiger charge is 2.21. The molecule has 1 aliphatic heterocycles. The predicted molar refractivity (Wildman–Crippen MR) is 110 cm³/mol. The monoisotopic (exact) mass is 361 g/mol. The molecule has 1 aromatic carbocycles. The van der Waals surface area contributed by atoms with Crippen molar-refractivity contribution in [1.29, 1.82) is 0 Å². The lowest BCUT2D eigenvalue weighted by molar-refractivity contribution is 0.296. The van der Waals surface area contributed by atoms with Crippen LogP contribution < -0.4 is 10.2 Å². The summed E-state index contributed by atoms with van der Waals surface area (Å²) in [5.74, 6) is 1.37. The minimum Gasteiger partial charge on any atom is -0.506 e. The molecule has 1 heterocycles. The fourth-order valence-corrected chi connectivity index (χ4v) is 3.36. The Morgan fingerprint density at radius 2 is 1.85 bits per heavy atom. The zero-order chi connectivity index (χ0) is 18.8. The molecule has 1 fully saturated rings. The number of anilines is 1. The largest absolute Gasteiger partial charge is 0.506 e. The van der Waals surface area contributed by atoms with E-state index in [1.54, 1.807) is 6.07 Å². The zero-order valence-electron chi connectivity index (χ0n) is 16.6. The summed E-state index contributed by atoms with van der Waals surface area (Å²) in [6, 6.07) is 7.58. The van der Waals surface area contributed by atoms with Gasteiger partial charge in [-0.3, -0.25) is 4.99 Å². The number of aromatic hydroxyl groups is 1. The van der Waals surface area contributed by atoms with Crippen LogP contribution >= 0.6 is 0 Å². The Balaban J connectivity index is 1.90. The summed E-state index contributed by atoms with van der Waals surface area (Å²) in [6.45, 7) is 15.1. The highest BCUT2D eigenvalue weighted by atomic mass is 16.3. The minimum atomic E-state index is 0.358. The molecule has 0 amide bonds. The van der Waals surface area contributed by atoms with Crippen molar-refractivity contribution < 1.29 is 5.11 Å². The lowest BCUT2D eigenvalue weighted by atomic mass is 10.2. The fraction of sp³-hybridized carbons (Fsp3) is 0.650. The van der Waals surface area contributed by atoms with Gasteiger partial charge in [0.15, 0.2) is 5.96 Å². The van der Waals surface area contributed by atoms with Crippen molar-refractivity contribution in [3.8, 4) is 5.75 Å². The lowest BCUT2D eigenvalue weighted by Gasteiger charge is -2.38. The maximum atomic E-state index is 10.1. The number of hydrogen-bond acceptors (Lipinski definition) is 4. The van der Waals surface area contributed by atoms with Crippen LogP contribution in [-0.2, 0) is 0 Å². The van der Waals surface area contributed by atoms with Gasteiger partial charge in [0.05, 0.1) is 12.2 Å². The van der Waals surface area contributed by atoms with E-state index >= 15 is 0 Å². The van der Waals surface area contributed by atoms with Gasteiger partial charge in [0, 0.05) is 39.3 Å². The molecule has 6 nitrogen and oxygen atoms in total. The molecule has 0 unspecified atom stereocenters. The molecule has 0 bridgehead atoms. The molecule has 1 aromatic rings. The summed E-state index contributed by atoms with van der Waals surface area (Å²) >= 11 is 0. The van der Waals surface area contributed by atoms with Gasteiger partial charge in [-0.15, -0.1) is 0 Å². The molecule has 146 valence electrons. The first-order valence-corrected chi connectivity index (χ1v) is 9.98. The Morgan fingerprint density at radius 1 is 1.12 bits per heavy atom. The van der Waals surface area contributed by atoms with Crippen molar-refractivity contribution >= 4 is 11.6 Å². The van der Waals surface area contributed by atoms with E-state index in [1.807, 2.05) is 18.2 Å². The predicted octanol–water partition coefficient (Wildman–Crippen LogP) is 2.21. The third-order valence-electron chi connectivity index (χ3n) is 4.80. The second kappa shape index (κ2) is 10.9. The van der Waals surface area contributed by atoms with E-state index < -0.39 is 0 Å². The molecule has 0 aliphatic carbocycles. The van der Waals surface area contributed by atoms with Crippen molar-refractivity contribution in [3.63, 3.8) is 0 Å². The highest BCUT2D eigenvalue weighted by molar-refractivity contribution is 5.80. The molecule has 0 radical (unpaired) electrons. The minimum absolute atomic E-state index is 0.358. The third kappa shape index (κ3) is 5.80. The Hall–Kier alpha value is -1.95. The normalized spacial score (nSPS) is 15.6. The Labute approximate surface area is 158 Å². The number of nitrogens with zero attached hydrogens (tertiary/aromatic N) is 4. The van der Waals surface area contributed by atoms with Crippen molar-refractivity contribution in [2.24, 2.45) is 4.99 Å². The Kier molecular flexibility index (Phi) is 8.54. The van der Waals surface area contributed by atoms with Gasteiger partial charge >= 0.3 is 0 Å². The number of para-hydroxylation sites is 2. The molecule has 0 spiro atoms. The quantitative estimate of drug-likeness (QED) is 0.549. The van der Waals surface area contributed by atoms with Gasteiger partial charge in [0.1, 0.15) is 5.75 Å². The Morgan fingerprint density at radius 3 is 2.46 bits per heavy atom. The second-order valence-corrected chi connectivity index (χ2v) is 6.63. The zero-order valence-corrected chi connectivity index (χ0v) is 16.6. The molecular formula is C20H35N5O. The van der Waals surface area contributed by atoms with Crippen molar-refractivity contribution in [1.82, 2.24) is 15.1 Å². The number of guanidine groups is 1. The van der Waals surface area contributed by atoms with Crippen LogP contribution in [0.25, 0.3) is 0 Å². The van der Waals surface area contributed by atoms with Gasteiger partial charge in [-0.2, -0.15) is 0 Å². The van der Waals surface area contributed by atoms with Gasteiger partial charge in [-0.1, -0.05) is 26.0 Å². The van der Waals surface area contributed by atoms with Crippen molar-refractivity contribution in [2.45, 2.75) is 27.2 Å². The summed E-state index contributed by atoms with van der Waals surface area (Å²) in [5, 5.41) is 13.5. The van der Waals surface area contributed by atoms with E-state index in [0.29, 0.717) is 5.75 Å². The molecule has 0 saturated carbocycles. The van der Waals surface area contributed by atoms with Crippen molar-refractivity contribution in [3.05, 3.63) is 24.3 Å². The molecule has 2 N–H and O–H groups in total. The van der Waals surface area contributed by atoms with Crippen LogP contribution in [0, 0.1) is 0 Å². The summed E-state index contributed by atoms with van der Waals surface area (Å²) < 4.78 is 0. The van der Waals surface area contributed by atoms with Crippen molar-refractivity contribution in [2.75, 3.05) is 63.8 Å². The average Bonchev–Trinajstić information content (AvgIpc) is 2.67. The summed E-state index contributed by atoms with van der Waals surface area (Å²) in [5.41, 5.74) is 0.923. The molecule has 1 saturated heterocycles. The average molecular weight is 362 g/mol. The van der Waals surface area contributed by atoms with Gasteiger partial charge in [-0.05, 0) is 38.6 Å². The van der Waals surface area contributed by atoms with Gasteiger partial charge in [-0.25, -0.2) is 0 Å². The van der Waals surface area contributed by atoms with Crippen LogP contribution in [0.4, 0.5) is 5.69 Å². The second-order valence-electron chi connectivity index (χ2n) is 6.63. The SMILES string of the molecule is CCCN(CC)CCN=C(NCC)N1CCN(c2ccccc2O)CC1. The van der Waals surface area contributed by atoms with E-state index in [-0.39, 0.29) is 0 Å². The van der Waals surface area contributed by atoms with E-state index in [4.69, 9.17) is 4.99 Å². The van der Waals surface area contributed by atoms with Crippen LogP contribution in [0.3, 0.4) is 0 Å². The van der Waals surface area contributed by atoms with E-state index in [1.165, 1.54) is 6.42 Å². The number of aliphatic imine (C=N–C) groups is 1. The fourth-order valence-electron chi connectivity index (χ4n) is 3.36. The first-order chi connectivity index (χ1) is 12.7. The number of phenolic OH excluding ortho intramolecular Hbond substituents is 1. The summed E-state index contributed by atoms with van der Waals surface area (Å²) in [6.07, 6.45) is 1.19. The third-order valence-corrected chi connectivity index (χ3v) is 4.80. The highest BCUT2D eigenvalue weighted by Crippen LogP contribution is 2.27. The standard InChI is InChI=1S/C20H35N5O/c1-4-12-23(6-3)13-11-22-20(21-5-2)25-16-14-24(15-17-25)18-9-7-8-10-19(18)26/h7-10,26H,4-6,11-17H2,1-3H3,(H,21,22). The summed E-state index contributed by atoms with van der Waals surface area (Å²) in [4.78, 5) is 11.9. The molecule has 26 heavy (non-hydrogen) atoms. The molecular weight excluding hydrogens is 326 g/mol. The smallest absolute Gasteiger partial charge is 0.194 e. The molecule has 1 aliphatic rings. The number of piperazine rings is 1. The van der Waals surface area contributed by atoms with Crippen LogP contribution in [0.2, 0.25) is 0 Å². The number of hydrogen-bond donors (Lipinski definition) is 2. The number of likely N-dealkylation sites (N-methyl/N-ethyl adjacent to an activating group) is 1. The van der Waals surface area contributed by atoms with Gasteiger partial charge in [0.25, 0.3) is 0 Å². The van der Waals surface area contributed by atoms with E-state index in [9.17, 15) is 5.11 Å². The number of benzene rings is 1. The van der Waals surface area contributed by atoms with E-state index in [2.05, 4.69) is 40.8 Å². The number of nitrogens with one attached hydrogen (secondary N) is 1. The number of phenols is 1. The first-order valence-electron chi connectivity index (χ1n) is 9.98. The Bertz CT molecular complexity index is 555. The first kappa shape index (κ1) is 20.4. The lowest BCUT2D eigenvalue weighted by Crippen LogP contribution is -2.52. The van der Waals surface area contributed by atoms with Gasteiger partial charge in [0.2, 0.25) is 0 Å². The maximum Gasteiger partial charge on any atom is 0.194 e.